The molecule has 0 bridgehead atoms. The lowest BCUT2D eigenvalue weighted by atomic mass is 10.1. The van der Waals surface area contributed by atoms with E-state index in [1.807, 2.05) is 0 Å². The van der Waals surface area contributed by atoms with Crippen LogP contribution < -0.4 is 4.74 Å². The standard InChI is InChI=1S/C9H13BrN2O/c1-7(2)3-4-13-9-8(10)5-11-6-12-9/h5-7H,3-4H2,1-2H3. The van der Waals surface area contributed by atoms with Gasteiger partial charge in [0.15, 0.2) is 0 Å². The lowest BCUT2D eigenvalue weighted by Crippen LogP contribution is -2.03. The topological polar surface area (TPSA) is 35.0 Å². The van der Waals surface area contributed by atoms with Crippen LogP contribution in [0.1, 0.15) is 20.3 Å². The maximum absolute atomic E-state index is 5.45. The molecule has 0 spiro atoms. The first-order valence-electron chi connectivity index (χ1n) is 4.28. The first-order valence-corrected chi connectivity index (χ1v) is 5.07. The quantitative estimate of drug-likeness (QED) is 0.817. The van der Waals surface area contributed by atoms with Gasteiger partial charge in [0.1, 0.15) is 6.33 Å². The zero-order chi connectivity index (χ0) is 9.68. The highest BCUT2D eigenvalue weighted by molar-refractivity contribution is 9.10. The molecule has 13 heavy (non-hydrogen) atoms. The number of halogens is 1. The summed E-state index contributed by atoms with van der Waals surface area (Å²) < 4.78 is 6.25. The van der Waals surface area contributed by atoms with Crippen LogP contribution in [-0.4, -0.2) is 16.6 Å². The van der Waals surface area contributed by atoms with Crippen LogP contribution in [0.5, 0.6) is 5.88 Å². The lowest BCUT2D eigenvalue weighted by molar-refractivity contribution is 0.277. The van der Waals surface area contributed by atoms with Crippen LogP contribution >= 0.6 is 15.9 Å². The third-order valence-corrected chi connectivity index (χ3v) is 2.11. The van der Waals surface area contributed by atoms with Gasteiger partial charge in [-0.1, -0.05) is 13.8 Å². The Labute approximate surface area is 86.7 Å². The third kappa shape index (κ3) is 3.72. The maximum atomic E-state index is 5.45. The largest absolute Gasteiger partial charge is 0.477 e. The third-order valence-electron chi connectivity index (χ3n) is 1.57. The molecule has 0 saturated heterocycles. The summed E-state index contributed by atoms with van der Waals surface area (Å²) in [6, 6.07) is 0. The summed E-state index contributed by atoms with van der Waals surface area (Å²) in [5.74, 6) is 1.27. The SMILES string of the molecule is CC(C)CCOc1ncncc1Br. The van der Waals surface area contributed by atoms with Crippen molar-refractivity contribution in [1.29, 1.82) is 0 Å². The second kappa shape index (κ2) is 5.17. The fourth-order valence-electron chi connectivity index (χ4n) is 0.799. The number of hydrogen-bond acceptors (Lipinski definition) is 3. The molecule has 0 aliphatic heterocycles. The van der Waals surface area contributed by atoms with E-state index in [2.05, 4.69) is 39.7 Å². The van der Waals surface area contributed by atoms with E-state index in [4.69, 9.17) is 4.74 Å². The summed E-state index contributed by atoms with van der Waals surface area (Å²) in [5.41, 5.74) is 0. The minimum absolute atomic E-state index is 0.621. The predicted molar refractivity (Wildman–Crippen MR) is 54.7 cm³/mol. The molecule has 0 fully saturated rings. The Balaban J connectivity index is 2.41. The Morgan fingerprint density at radius 2 is 2.31 bits per heavy atom. The number of nitrogens with zero attached hydrogens (tertiary/aromatic N) is 2. The van der Waals surface area contributed by atoms with Crippen LogP contribution in [0.4, 0.5) is 0 Å². The van der Waals surface area contributed by atoms with Crippen LogP contribution in [0.25, 0.3) is 0 Å². The van der Waals surface area contributed by atoms with Gasteiger partial charge >= 0.3 is 0 Å². The van der Waals surface area contributed by atoms with Crippen molar-refractivity contribution in [3.8, 4) is 5.88 Å². The molecular formula is C9H13BrN2O. The van der Waals surface area contributed by atoms with Crippen molar-refractivity contribution in [3.63, 3.8) is 0 Å². The zero-order valence-electron chi connectivity index (χ0n) is 7.83. The molecule has 4 heteroatoms. The van der Waals surface area contributed by atoms with Gasteiger partial charge in [-0.2, -0.15) is 0 Å². The average molecular weight is 245 g/mol. The van der Waals surface area contributed by atoms with E-state index in [1.54, 1.807) is 6.20 Å². The van der Waals surface area contributed by atoms with Crippen molar-refractivity contribution < 1.29 is 4.74 Å². The van der Waals surface area contributed by atoms with Crippen molar-refractivity contribution >= 4 is 15.9 Å². The Morgan fingerprint density at radius 1 is 1.54 bits per heavy atom. The molecule has 72 valence electrons. The average Bonchev–Trinajstić information content (AvgIpc) is 2.08. The number of hydrogen-bond donors (Lipinski definition) is 0. The van der Waals surface area contributed by atoms with Gasteiger partial charge in [0.25, 0.3) is 0 Å². The number of rotatable bonds is 4. The second-order valence-corrected chi connectivity index (χ2v) is 4.06. The van der Waals surface area contributed by atoms with Crippen molar-refractivity contribution in [1.82, 2.24) is 9.97 Å². The van der Waals surface area contributed by atoms with Gasteiger partial charge in [0.2, 0.25) is 5.88 Å². The number of aromatic nitrogens is 2. The van der Waals surface area contributed by atoms with Gasteiger partial charge in [-0.15, -0.1) is 0 Å². The van der Waals surface area contributed by atoms with Gasteiger partial charge in [-0.25, -0.2) is 9.97 Å². The van der Waals surface area contributed by atoms with Gasteiger partial charge in [-0.3, -0.25) is 0 Å². The molecule has 0 aliphatic carbocycles. The zero-order valence-corrected chi connectivity index (χ0v) is 9.41. The van der Waals surface area contributed by atoms with Crippen LogP contribution in [-0.2, 0) is 0 Å². The highest BCUT2D eigenvalue weighted by Crippen LogP contribution is 2.19. The minimum Gasteiger partial charge on any atom is -0.477 e. The van der Waals surface area contributed by atoms with Crippen molar-refractivity contribution in [2.45, 2.75) is 20.3 Å². The van der Waals surface area contributed by atoms with E-state index < -0.39 is 0 Å². The highest BCUT2D eigenvalue weighted by Gasteiger charge is 2.01. The minimum atomic E-state index is 0.621. The summed E-state index contributed by atoms with van der Waals surface area (Å²) in [6.45, 7) is 5.03. The van der Waals surface area contributed by atoms with E-state index in [0.717, 1.165) is 10.9 Å². The molecule has 1 heterocycles. The van der Waals surface area contributed by atoms with Gasteiger partial charge in [0.05, 0.1) is 11.1 Å². The molecule has 0 unspecified atom stereocenters. The van der Waals surface area contributed by atoms with Gasteiger partial charge < -0.3 is 4.74 Å². The summed E-state index contributed by atoms with van der Waals surface area (Å²) >= 11 is 3.31. The first-order chi connectivity index (χ1) is 6.20. The molecule has 0 atom stereocenters. The maximum Gasteiger partial charge on any atom is 0.231 e. The smallest absolute Gasteiger partial charge is 0.231 e. The van der Waals surface area contributed by atoms with Gasteiger partial charge in [-0.05, 0) is 28.3 Å². The van der Waals surface area contributed by atoms with Crippen molar-refractivity contribution in [3.05, 3.63) is 17.0 Å². The predicted octanol–water partition coefficient (Wildman–Crippen LogP) is 2.66. The monoisotopic (exact) mass is 244 g/mol. The molecule has 0 aliphatic rings. The summed E-state index contributed by atoms with van der Waals surface area (Å²) in [6.07, 6.45) is 4.20. The van der Waals surface area contributed by atoms with Crippen molar-refractivity contribution in [2.75, 3.05) is 6.61 Å². The summed E-state index contributed by atoms with van der Waals surface area (Å²) in [7, 11) is 0. The number of ether oxygens (including phenoxy) is 1. The van der Waals surface area contributed by atoms with E-state index in [9.17, 15) is 0 Å². The van der Waals surface area contributed by atoms with E-state index in [-0.39, 0.29) is 0 Å². The Bertz CT molecular complexity index is 266. The lowest BCUT2D eigenvalue weighted by Gasteiger charge is -2.07. The molecule has 1 aromatic heterocycles. The molecule has 3 nitrogen and oxygen atoms in total. The van der Waals surface area contributed by atoms with Crippen molar-refractivity contribution in [2.24, 2.45) is 5.92 Å². The highest BCUT2D eigenvalue weighted by atomic mass is 79.9. The van der Waals surface area contributed by atoms with E-state index in [0.29, 0.717) is 18.4 Å². The molecule has 1 aromatic rings. The molecule has 0 radical (unpaired) electrons. The molecule has 0 amide bonds. The van der Waals surface area contributed by atoms with Crippen LogP contribution in [0.15, 0.2) is 17.0 Å². The summed E-state index contributed by atoms with van der Waals surface area (Å²) in [4.78, 5) is 7.85. The Kier molecular flexibility index (Phi) is 4.15. The molecule has 0 N–H and O–H groups in total. The van der Waals surface area contributed by atoms with Crippen LogP contribution in [0.2, 0.25) is 0 Å². The van der Waals surface area contributed by atoms with E-state index in [1.165, 1.54) is 6.33 Å². The molecule has 1 rings (SSSR count). The van der Waals surface area contributed by atoms with E-state index >= 15 is 0 Å². The second-order valence-electron chi connectivity index (χ2n) is 3.21. The molecule has 0 saturated carbocycles. The van der Waals surface area contributed by atoms with Gasteiger partial charge in [0, 0.05) is 6.20 Å². The first kappa shape index (κ1) is 10.4. The summed E-state index contributed by atoms with van der Waals surface area (Å²) in [5, 5.41) is 0. The molecule has 0 aromatic carbocycles. The van der Waals surface area contributed by atoms with Crippen LogP contribution in [0.3, 0.4) is 0 Å². The fraction of sp³-hybridized carbons (Fsp3) is 0.556. The molecular weight excluding hydrogens is 232 g/mol. The fourth-order valence-corrected chi connectivity index (χ4v) is 1.13. The normalized spacial score (nSPS) is 10.5. The van der Waals surface area contributed by atoms with Crippen LogP contribution in [0, 0.1) is 5.92 Å². The Morgan fingerprint density at radius 3 is 2.92 bits per heavy atom. The Hall–Kier alpha value is -0.640.